The lowest BCUT2D eigenvalue weighted by molar-refractivity contribution is 0.104. The Hall–Kier alpha value is -0.450. The fourth-order valence-corrected chi connectivity index (χ4v) is 5.21. The Morgan fingerprint density at radius 2 is 1.26 bits per heavy atom. The predicted molar refractivity (Wildman–Crippen MR) is 75.4 cm³/mol. The fourth-order valence-electron chi connectivity index (χ4n) is 4.71. The van der Waals surface area contributed by atoms with Gasteiger partial charge in [-0.1, -0.05) is 38.8 Å². The van der Waals surface area contributed by atoms with E-state index in [4.69, 9.17) is 8.37 Å². The van der Waals surface area contributed by atoms with Crippen molar-refractivity contribution in [3.05, 3.63) is 22.3 Å². The maximum absolute atomic E-state index is 11.5. The molecule has 2 atom stereocenters. The minimum atomic E-state index is -1.61. The maximum atomic E-state index is 11.5. The van der Waals surface area contributed by atoms with Crippen molar-refractivity contribution in [2.75, 3.05) is 13.2 Å². The van der Waals surface area contributed by atoms with Gasteiger partial charge >= 0.3 is 11.4 Å². The van der Waals surface area contributed by atoms with Crippen molar-refractivity contribution in [2.45, 2.75) is 41.5 Å². The van der Waals surface area contributed by atoms with Gasteiger partial charge in [0.05, 0.1) is 13.2 Å². The smallest absolute Gasteiger partial charge is 0.264 e. The molecule has 0 saturated carbocycles. The van der Waals surface area contributed by atoms with Crippen molar-refractivity contribution >= 4 is 11.4 Å². The minimum Gasteiger partial charge on any atom is -0.264 e. The van der Waals surface area contributed by atoms with Crippen LogP contribution in [0.25, 0.3) is 0 Å². The molecule has 1 heterocycles. The van der Waals surface area contributed by atoms with Crippen LogP contribution in [0.4, 0.5) is 0 Å². The minimum absolute atomic E-state index is 0.0148. The van der Waals surface area contributed by atoms with Crippen LogP contribution in [-0.4, -0.2) is 17.4 Å². The van der Waals surface area contributed by atoms with Crippen LogP contribution in [0.1, 0.15) is 41.5 Å². The van der Waals surface area contributed by atoms with Gasteiger partial charge in [0.25, 0.3) is 0 Å². The molecule has 0 aromatic heterocycles. The van der Waals surface area contributed by atoms with E-state index >= 15 is 0 Å². The molecule has 1 aliphatic heterocycles. The van der Waals surface area contributed by atoms with E-state index in [2.05, 4.69) is 41.5 Å². The molecule has 0 spiro atoms. The second kappa shape index (κ2) is 3.60. The molecular weight excluding hydrogens is 260 g/mol. The molecule has 0 N–H and O–H groups in total. The van der Waals surface area contributed by atoms with E-state index in [9.17, 15) is 4.21 Å². The van der Waals surface area contributed by atoms with Crippen LogP contribution >= 0.6 is 0 Å². The number of fused-ring (bicyclic) bond motifs is 4. The summed E-state index contributed by atoms with van der Waals surface area (Å²) in [7, 11) is 0. The molecule has 106 valence electrons. The summed E-state index contributed by atoms with van der Waals surface area (Å²) in [6.45, 7) is 14.6. The Kier molecular flexibility index (Phi) is 2.56. The van der Waals surface area contributed by atoms with E-state index in [0.29, 0.717) is 13.2 Å². The quantitative estimate of drug-likeness (QED) is 0.639. The third-order valence-corrected chi connectivity index (χ3v) is 7.35. The normalized spacial score (nSPS) is 44.6. The molecule has 19 heavy (non-hydrogen) atoms. The van der Waals surface area contributed by atoms with Gasteiger partial charge in [-0.3, -0.25) is 8.37 Å². The van der Waals surface area contributed by atoms with Crippen LogP contribution in [0, 0.1) is 16.2 Å². The van der Waals surface area contributed by atoms with Gasteiger partial charge in [-0.25, -0.2) is 0 Å². The molecule has 0 fully saturated rings. The SMILES string of the molecule is CC1=C(C)C2(C)C3=C(COS(=O)OC3)C1(C)C2(C)C. The summed E-state index contributed by atoms with van der Waals surface area (Å²) in [4.78, 5) is 0. The average Bonchev–Trinajstić information content (AvgIpc) is 2.54. The summed E-state index contributed by atoms with van der Waals surface area (Å²) in [5, 5.41) is 0. The summed E-state index contributed by atoms with van der Waals surface area (Å²) >= 11 is -1.61. The number of hydrogen-bond donors (Lipinski definition) is 0. The summed E-state index contributed by atoms with van der Waals surface area (Å²) in [5.74, 6) is 0. The van der Waals surface area contributed by atoms with Crippen molar-refractivity contribution in [3.8, 4) is 0 Å². The average molecular weight is 282 g/mol. The lowest BCUT2D eigenvalue weighted by Gasteiger charge is -2.43. The van der Waals surface area contributed by atoms with E-state index in [1.807, 2.05) is 0 Å². The standard InChI is InChI=1S/C15H22O3S/c1-9-10(2)15(6)12-8-18-19(16)17-7-11(12)14(9,5)13(15,3)4/h7-8H2,1-6H3. The number of hydrogen-bond acceptors (Lipinski definition) is 3. The predicted octanol–water partition coefficient (Wildman–Crippen LogP) is 3.31. The van der Waals surface area contributed by atoms with Crippen LogP contribution in [0.2, 0.25) is 0 Å². The van der Waals surface area contributed by atoms with Gasteiger partial charge in [0.2, 0.25) is 0 Å². The van der Waals surface area contributed by atoms with Crippen molar-refractivity contribution in [3.63, 3.8) is 0 Å². The van der Waals surface area contributed by atoms with Crippen LogP contribution in [-0.2, 0) is 19.7 Å². The first kappa shape index (κ1) is 13.5. The molecule has 0 saturated heterocycles. The van der Waals surface area contributed by atoms with Crippen LogP contribution in [0.15, 0.2) is 22.3 Å². The molecule has 2 bridgehead atoms. The Labute approximate surface area is 117 Å². The summed E-state index contributed by atoms with van der Waals surface area (Å²) in [6, 6.07) is 0. The Bertz CT molecular complexity index is 514. The van der Waals surface area contributed by atoms with Crippen molar-refractivity contribution < 1.29 is 12.6 Å². The largest absolute Gasteiger partial charge is 0.305 e. The maximum Gasteiger partial charge on any atom is 0.305 e. The molecule has 3 aliphatic rings. The molecule has 2 unspecified atom stereocenters. The molecule has 0 aromatic carbocycles. The van der Waals surface area contributed by atoms with Crippen molar-refractivity contribution in [1.82, 2.24) is 0 Å². The summed E-state index contributed by atoms with van der Waals surface area (Å²) in [6.07, 6.45) is 0. The molecule has 0 amide bonds. The highest BCUT2D eigenvalue weighted by molar-refractivity contribution is 7.75. The number of allylic oxidation sites excluding steroid dienone is 2. The molecule has 3 rings (SSSR count). The summed E-state index contributed by atoms with van der Waals surface area (Å²) < 4.78 is 22.2. The van der Waals surface area contributed by atoms with E-state index in [-0.39, 0.29) is 16.2 Å². The Morgan fingerprint density at radius 1 is 0.895 bits per heavy atom. The topological polar surface area (TPSA) is 35.5 Å². The first-order valence-corrected chi connectivity index (χ1v) is 7.78. The van der Waals surface area contributed by atoms with Crippen LogP contribution in [0.3, 0.4) is 0 Å². The highest BCUT2D eigenvalue weighted by Crippen LogP contribution is 2.75. The second-order valence-electron chi connectivity index (χ2n) is 6.81. The first-order chi connectivity index (χ1) is 8.69. The first-order valence-electron chi connectivity index (χ1n) is 6.78. The van der Waals surface area contributed by atoms with Crippen molar-refractivity contribution in [2.24, 2.45) is 16.2 Å². The number of rotatable bonds is 0. The molecule has 2 aliphatic carbocycles. The van der Waals surface area contributed by atoms with Gasteiger partial charge < -0.3 is 0 Å². The molecule has 4 heteroatoms. The van der Waals surface area contributed by atoms with E-state index in [0.717, 1.165) is 0 Å². The van der Waals surface area contributed by atoms with E-state index < -0.39 is 11.4 Å². The molecule has 0 radical (unpaired) electrons. The lowest BCUT2D eigenvalue weighted by Crippen LogP contribution is -2.39. The third kappa shape index (κ3) is 1.20. The van der Waals surface area contributed by atoms with Gasteiger partial charge in [0.1, 0.15) is 0 Å². The van der Waals surface area contributed by atoms with E-state index in [1.54, 1.807) is 0 Å². The Balaban J connectivity index is 2.24. The van der Waals surface area contributed by atoms with Crippen LogP contribution in [0.5, 0.6) is 0 Å². The zero-order valence-electron chi connectivity index (χ0n) is 12.5. The monoisotopic (exact) mass is 282 g/mol. The second-order valence-corrected chi connectivity index (χ2v) is 7.69. The van der Waals surface area contributed by atoms with Gasteiger partial charge in [-0.05, 0) is 30.4 Å². The summed E-state index contributed by atoms with van der Waals surface area (Å²) in [5.41, 5.74) is 5.52. The van der Waals surface area contributed by atoms with E-state index in [1.165, 1.54) is 22.3 Å². The van der Waals surface area contributed by atoms with Gasteiger partial charge in [0, 0.05) is 10.8 Å². The van der Waals surface area contributed by atoms with Gasteiger partial charge in [-0.2, -0.15) is 4.21 Å². The lowest BCUT2D eigenvalue weighted by atomic mass is 9.60. The van der Waals surface area contributed by atoms with Gasteiger partial charge in [0.15, 0.2) is 0 Å². The highest BCUT2D eigenvalue weighted by atomic mass is 32.2. The Morgan fingerprint density at radius 3 is 1.63 bits per heavy atom. The zero-order chi connectivity index (χ0) is 14.2. The van der Waals surface area contributed by atoms with Gasteiger partial charge in [-0.15, -0.1) is 0 Å². The molecule has 3 nitrogen and oxygen atoms in total. The van der Waals surface area contributed by atoms with Crippen molar-refractivity contribution in [1.29, 1.82) is 0 Å². The third-order valence-electron chi connectivity index (χ3n) is 6.73. The zero-order valence-corrected chi connectivity index (χ0v) is 13.4. The fraction of sp³-hybridized carbons (Fsp3) is 0.733. The van der Waals surface area contributed by atoms with Crippen LogP contribution < -0.4 is 0 Å². The highest BCUT2D eigenvalue weighted by Gasteiger charge is 2.68. The molecule has 0 aromatic rings. The molecular formula is C15H22O3S.